The molecule has 1 aliphatic carbocycles. The average Bonchev–Trinajstić information content (AvgIpc) is 3.47. The first-order valence-electron chi connectivity index (χ1n) is 11.0. The van der Waals surface area contributed by atoms with E-state index in [1.807, 2.05) is 55.7 Å². The summed E-state index contributed by atoms with van der Waals surface area (Å²) in [6, 6.07) is 15.9. The first-order valence-corrected chi connectivity index (χ1v) is 11.8. The van der Waals surface area contributed by atoms with Gasteiger partial charge in [0.1, 0.15) is 17.0 Å². The molecule has 1 amide bonds. The minimum absolute atomic E-state index is 0.0244. The molecule has 7 nitrogen and oxygen atoms in total. The minimum atomic E-state index is -0.0244. The van der Waals surface area contributed by atoms with Gasteiger partial charge in [-0.2, -0.15) is 5.10 Å². The number of nitrogens with zero attached hydrogens (tertiary/aromatic N) is 4. The van der Waals surface area contributed by atoms with Gasteiger partial charge in [0.2, 0.25) is 5.91 Å². The molecule has 2 aromatic carbocycles. The summed E-state index contributed by atoms with van der Waals surface area (Å²) < 4.78 is 0. The summed E-state index contributed by atoms with van der Waals surface area (Å²) in [5, 5.41) is 12.7. The number of aromatic amines is 1. The Morgan fingerprint density at radius 2 is 2.06 bits per heavy atom. The van der Waals surface area contributed by atoms with E-state index in [1.54, 1.807) is 22.6 Å². The van der Waals surface area contributed by atoms with E-state index in [-0.39, 0.29) is 11.8 Å². The maximum atomic E-state index is 13.2. The lowest BCUT2D eigenvalue weighted by atomic mass is 9.87. The summed E-state index contributed by atoms with van der Waals surface area (Å²) in [7, 11) is 1.86. The summed E-state index contributed by atoms with van der Waals surface area (Å²) in [4.78, 5) is 26.3. The van der Waals surface area contributed by atoms with Crippen molar-refractivity contribution >= 4 is 55.6 Å². The number of anilines is 3. The van der Waals surface area contributed by atoms with Crippen molar-refractivity contribution in [2.75, 3.05) is 17.3 Å². The summed E-state index contributed by atoms with van der Waals surface area (Å²) in [6.45, 7) is 0. The van der Waals surface area contributed by atoms with Crippen LogP contribution in [-0.4, -0.2) is 33.1 Å². The molecule has 0 radical (unpaired) electrons. The van der Waals surface area contributed by atoms with Crippen LogP contribution in [0.2, 0.25) is 0 Å². The highest BCUT2D eigenvalue weighted by Gasteiger charge is 2.31. The topological polar surface area (TPSA) is 86.8 Å². The molecule has 2 N–H and O–H groups in total. The van der Waals surface area contributed by atoms with Crippen LogP contribution in [-0.2, 0) is 17.6 Å². The third kappa shape index (κ3) is 3.52. The molecule has 0 saturated heterocycles. The first-order chi connectivity index (χ1) is 16.2. The number of amides is 1. The van der Waals surface area contributed by atoms with Crippen LogP contribution in [0, 0.1) is 5.92 Å². The van der Waals surface area contributed by atoms with Gasteiger partial charge in [-0.1, -0.05) is 18.2 Å². The first kappa shape index (κ1) is 19.9. The van der Waals surface area contributed by atoms with E-state index in [0.717, 1.165) is 57.6 Å². The standard InChI is InChI=1S/C25H22N6OS/c1-31(18-5-3-2-4-6-18)25(32)15-7-9-19-21(12-15)33-24-22(19)23(26-14-27-24)29-17-8-10-20-16(11-17)13-28-30-20/h2-6,8,10-11,13-15H,7,9,12H2,1H3,(H,28,30)(H,26,27,29). The van der Waals surface area contributed by atoms with Gasteiger partial charge in [0.25, 0.3) is 0 Å². The largest absolute Gasteiger partial charge is 0.340 e. The number of H-pyrrole nitrogens is 1. The Labute approximate surface area is 194 Å². The van der Waals surface area contributed by atoms with Gasteiger partial charge in [0.15, 0.2) is 0 Å². The van der Waals surface area contributed by atoms with Crippen molar-refractivity contribution in [3.05, 3.63) is 71.5 Å². The average molecular weight is 455 g/mol. The third-order valence-electron chi connectivity index (χ3n) is 6.37. The van der Waals surface area contributed by atoms with E-state index in [2.05, 4.69) is 31.5 Å². The number of benzene rings is 2. The molecule has 1 unspecified atom stereocenters. The van der Waals surface area contributed by atoms with E-state index in [1.165, 1.54) is 10.4 Å². The molecule has 8 heteroatoms. The molecular formula is C25H22N6OS. The zero-order valence-electron chi connectivity index (χ0n) is 18.1. The maximum Gasteiger partial charge on any atom is 0.230 e. The Kier molecular flexibility index (Phi) is 4.80. The van der Waals surface area contributed by atoms with E-state index >= 15 is 0 Å². The minimum Gasteiger partial charge on any atom is -0.340 e. The highest BCUT2D eigenvalue weighted by Crippen LogP contribution is 2.41. The Morgan fingerprint density at radius 1 is 1.18 bits per heavy atom. The molecule has 6 rings (SSSR count). The van der Waals surface area contributed by atoms with E-state index < -0.39 is 0 Å². The molecule has 3 heterocycles. The number of para-hydroxylation sites is 1. The lowest BCUT2D eigenvalue weighted by Crippen LogP contribution is -2.35. The van der Waals surface area contributed by atoms with Crippen LogP contribution in [0.4, 0.5) is 17.2 Å². The molecule has 1 atom stereocenters. The zero-order chi connectivity index (χ0) is 22.4. The molecule has 3 aromatic heterocycles. The fourth-order valence-corrected chi connectivity index (χ4v) is 5.89. The molecule has 0 spiro atoms. The monoisotopic (exact) mass is 454 g/mol. The second kappa shape index (κ2) is 7.97. The number of fused-ring (bicyclic) bond motifs is 4. The van der Waals surface area contributed by atoms with Gasteiger partial charge in [0, 0.05) is 34.6 Å². The SMILES string of the molecule is CN(C(=O)C1CCc2c(sc3ncnc(Nc4ccc5[nH]ncc5c4)c23)C1)c1ccccc1. The molecule has 0 aliphatic heterocycles. The second-order valence-electron chi connectivity index (χ2n) is 8.38. The number of thiophene rings is 1. The number of hydrogen-bond acceptors (Lipinski definition) is 6. The van der Waals surface area contributed by atoms with Gasteiger partial charge in [-0.25, -0.2) is 9.97 Å². The van der Waals surface area contributed by atoms with E-state index in [9.17, 15) is 4.79 Å². The van der Waals surface area contributed by atoms with Crippen LogP contribution >= 0.6 is 11.3 Å². The van der Waals surface area contributed by atoms with Gasteiger partial charge < -0.3 is 10.2 Å². The number of carbonyl (C=O) groups is 1. The normalized spacial score (nSPS) is 15.5. The van der Waals surface area contributed by atoms with Crippen molar-refractivity contribution in [1.82, 2.24) is 20.2 Å². The van der Waals surface area contributed by atoms with Gasteiger partial charge >= 0.3 is 0 Å². The summed E-state index contributed by atoms with van der Waals surface area (Å²) in [5.74, 6) is 0.956. The predicted octanol–water partition coefficient (Wildman–Crippen LogP) is 5.08. The van der Waals surface area contributed by atoms with Crippen LogP contribution in [0.3, 0.4) is 0 Å². The Hall–Kier alpha value is -3.78. The number of aromatic nitrogens is 4. The lowest BCUT2D eigenvalue weighted by Gasteiger charge is -2.26. The van der Waals surface area contributed by atoms with Crippen molar-refractivity contribution in [2.24, 2.45) is 5.92 Å². The smallest absolute Gasteiger partial charge is 0.230 e. The van der Waals surface area contributed by atoms with Gasteiger partial charge in [-0.05, 0) is 55.2 Å². The van der Waals surface area contributed by atoms with Crippen molar-refractivity contribution < 1.29 is 4.79 Å². The van der Waals surface area contributed by atoms with Crippen LogP contribution in [0.25, 0.3) is 21.1 Å². The molecule has 1 aliphatic rings. The molecule has 33 heavy (non-hydrogen) atoms. The number of nitrogens with one attached hydrogen (secondary N) is 2. The molecule has 164 valence electrons. The lowest BCUT2D eigenvalue weighted by molar-refractivity contribution is -0.122. The van der Waals surface area contributed by atoms with Crippen LogP contribution in [0.1, 0.15) is 16.9 Å². The number of carbonyl (C=O) groups excluding carboxylic acids is 1. The zero-order valence-corrected chi connectivity index (χ0v) is 18.9. The van der Waals surface area contributed by atoms with Gasteiger partial charge in [0.05, 0.1) is 17.1 Å². The van der Waals surface area contributed by atoms with E-state index in [0.29, 0.717) is 0 Å². The van der Waals surface area contributed by atoms with Crippen LogP contribution < -0.4 is 10.2 Å². The summed E-state index contributed by atoms with van der Waals surface area (Å²) in [6.07, 6.45) is 5.83. The number of hydrogen-bond donors (Lipinski definition) is 2. The van der Waals surface area contributed by atoms with Crippen molar-refractivity contribution in [2.45, 2.75) is 19.3 Å². The van der Waals surface area contributed by atoms with Crippen LogP contribution in [0.15, 0.2) is 61.1 Å². The maximum absolute atomic E-state index is 13.2. The van der Waals surface area contributed by atoms with Crippen molar-refractivity contribution in [1.29, 1.82) is 0 Å². The molecule has 0 saturated carbocycles. The Balaban J connectivity index is 1.29. The van der Waals surface area contributed by atoms with E-state index in [4.69, 9.17) is 0 Å². The van der Waals surface area contributed by atoms with Crippen molar-refractivity contribution in [3.8, 4) is 0 Å². The summed E-state index contributed by atoms with van der Waals surface area (Å²) in [5.41, 5.74) is 4.15. The van der Waals surface area contributed by atoms with Crippen molar-refractivity contribution in [3.63, 3.8) is 0 Å². The number of rotatable bonds is 4. The number of aryl methyl sites for hydroxylation is 1. The Morgan fingerprint density at radius 3 is 2.94 bits per heavy atom. The highest BCUT2D eigenvalue weighted by atomic mass is 32.1. The fraction of sp³-hybridized carbons (Fsp3) is 0.200. The molecule has 0 fully saturated rings. The molecule has 0 bridgehead atoms. The fourth-order valence-electron chi connectivity index (χ4n) is 4.63. The summed E-state index contributed by atoms with van der Waals surface area (Å²) >= 11 is 1.68. The van der Waals surface area contributed by atoms with Gasteiger partial charge in [-0.15, -0.1) is 11.3 Å². The predicted molar refractivity (Wildman–Crippen MR) is 132 cm³/mol. The van der Waals surface area contributed by atoms with Gasteiger partial charge in [-0.3, -0.25) is 9.89 Å². The van der Waals surface area contributed by atoms with Crippen LogP contribution in [0.5, 0.6) is 0 Å². The molecular weight excluding hydrogens is 432 g/mol. The Bertz CT molecular complexity index is 1470. The second-order valence-corrected chi connectivity index (χ2v) is 9.46. The quantitative estimate of drug-likeness (QED) is 0.395. The third-order valence-corrected chi connectivity index (χ3v) is 7.53. The molecule has 5 aromatic rings. The highest BCUT2D eigenvalue weighted by molar-refractivity contribution is 7.19.